The van der Waals surface area contributed by atoms with Crippen LogP contribution in [0.2, 0.25) is 0 Å². The van der Waals surface area contributed by atoms with Gasteiger partial charge < -0.3 is 14.5 Å². The number of ether oxygens (including phenoxy) is 1. The molecule has 1 saturated heterocycles. The highest BCUT2D eigenvalue weighted by atomic mass is 32.2. The van der Waals surface area contributed by atoms with Gasteiger partial charge in [-0.25, -0.2) is 13.2 Å². The molecule has 9 nitrogen and oxygen atoms in total. The molecule has 1 aliphatic heterocycles. The summed E-state index contributed by atoms with van der Waals surface area (Å²) < 4.78 is 33.9. The highest BCUT2D eigenvalue weighted by Gasteiger charge is 2.29. The van der Waals surface area contributed by atoms with Crippen LogP contribution in [0.5, 0.6) is 0 Å². The van der Waals surface area contributed by atoms with Crippen LogP contribution >= 0.6 is 0 Å². The second kappa shape index (κ2) is 10.5. The lowest BCUT2D eigenvalue weighted by Crippen LogP contribution is -2.52. The Morgan fingerprint density at radius 1 is 1.11 bits per heavy atom. The Hall–Kier alpha value is -3.40. The number of aromatic nitrogens is 1. The van der Waals surface area contributed by atoms with Crippen LogP contribution in [0.4, 0.5) is 4.79 Å². The minimum absolute atomic E-state index is 0.0344. The van der Waals surface area contributed by atoms with Gasteiger partial charge in [-0.15, -0.1) is 0 Å². The molecule has 0 spiro atoms. The Morgan fingerprint density at radius 3 is 2.51 bits per heavy atom. The van der Waals surface area contributed by atoms with E-state index < -0.39 is 10.0 Å². The van der Waals surface area contributed by atoms with Gasteiger partial charge in [-0.2, -0.15) is 0 Å². The predicted molar refractivity (Wildman–Crippen MR) is 132 cm³/mol. The third-order valence-electron chi connectivity index (χ3n) is 5.94. The van der Waals surface area contributed by atoms with Crippen molar-refractivity contribution in [3.63, 3.8) is 0 Å². The van der Waals surface area contributed by atoms with E-state index >= 15 is 0 Å². The van der Waals surface area contributed by atoms with E-state index in [2.05, 4.69) is 9.71 Å². The Kier molecular flexibility index (Phi) is 7.39. The van der Waals surface area contributed by atoms with E-state index in [1.165, 1.54) is 6.07 Å². The fraction of sp³-hybridized carbons (Fsp3) is 0.400. The Morgan fingerprint density at radius 2 is 1.83 bits per heavy atom. The first kappa shape index (κ1) is 24.7. The molecule has 2 aromatic rings. The van der Waals surface area contributed by atoms with Crippen LogP contribution in [-0.4, -0.2) is 68.0 Å². The zero-order chi connectivity index (χ0) is 25.0. The lowest BCUT2D eigenvalue weighted by atomic mass is 9.97. The van der Waals surface area contributed by atoms with Gasteiger partial charge in [-0.1, -0.05) is 44.2 Å². The number of piperazine rings is 1. The first-order chi connectivity index (χ1) is 16.7. The average molecular weight is 499 g/mol. The molecule has 4 rings (SSSR count). The summed E-state index contributed by atoms with van der Waals surface area (Å²) in [5.41, 5.74) is 0.822. The van der Waals surface area contributed by atoms with Crippen molar-refractivity contribution in [3.05, 3.63) is 60.5 Å². The van der Waals surface area contributed by atoms with Gasteiger partial charge in [0.1, 0.15) is 4.90 Å². The lowest BCUT2D eigenvalue weighted by Gasteiger charge is -2.35. The van der Waals surface area contributed by atoms with E-state index in [4.69, 9.17) is 4.74 Å². The van der Waals surface area contributed by atoms with Gasteiger partial charge in [0.15, 0.2) is 0 Å². The van der Waals surface area contributed by atoms with Crippen molar-refractivity contribution < 1.29 is 22.7 Å². The number of carbonyl (C=O) groups excluding carboxylic acids is 2. The molecule has 0 radical (unpaired) electrons. The molecule has 2 aliphatic rings. The lowest BCUT2D eigenvalue weighted by molar-refractivity contribution is -0.135. The van der Waals surface area contributed by atoms with E-state index in [1.807, 2.05) is 26.0 Å². The number of allylic oxidation sites excluding steroid dienone is 2. The smallest absolute Gasteiger partial charge is 0.409 e. The van der Waals surface area contributed by atoms with Gasteiger partial charge >= 0.3 is 6.09 Å². The van der Waals surface area contributed by atoms with Crippen molar-refractivity contribution >= 4 is 32.9 Å². The third-order valence-corrected chi connectivity index (χ3v) is 7.36. The van der Waals surface area contributed by atoms with Gasteiger partial charge in [0.05, 0.1) is 18.0 Å². The minimum Gasteiger partial charge on any atom is -0.449 e. The maximum atomic E-state index is 13.0. The number of fused-ring (bicyclic) bond motifs is 1. The summed E-state index contributed by atoms with van der Waals surface area (Å²) in [5.74, 6) is -0.138. The molecular formula is C25H30N4O5S. The van der Waals surface area contributed by atoms with Crippen molar-refractivity contribution in [2.75, 3.05) is 32.8 Å². The number of sulfonamides is 1. The second-order valence-corrected chi connectivity index (χ2v) is 10.7. The second-order valence-electron chi connectivity index (χ2n) is 9.08. The number of hydrogen-bond acceptors (Lipinski definition) is 6. The molecule has 186 valence electrons. The Labute approximate surface area is 205 Å². The number of nitrogens with zero attached hydrogens (tertiary/aromatic N) is 3. The summed E-state index contributed by atoms with van der Waals surface area (Å²) in [5, 5.41) is 0.738. The quantitative estimate of drug-likeness (QED) is 0.656. The van der Waals surface area contributed by atoms with E-state index in [0.717, 1.165) is 5.39 Å². The summed E-state index contributed by atoms with van der Waals surface area (Å²) in [6.07, 6.45) is 6.68. The summed E-state index contributed by atoms with van der Waals surface area (Å²) in [7, 11) is -3.85. The van der Waals surface area contributed by atoms with Gasteiger partial charge in [-0.3, -0.25) is 14.5 Å². The molecule has 1 aromatic heterocycles. The minimum atomic E-state index is -3.85. The first-order valence-corrected chi connectivity index (χ1v) is 13.2. The summed E-state index contributed by atoms with van der Waals surface area (Å²) >= 11 is 0. The van der Waals surface area contributed by atoms with Gasteiger partial charge in [-0.05, 0) is 30.5 Å². The van der Waals surface area contributed by atoms with Crippen molar-refractivity contribution in [3.8, 4) is 0 Å². The number of carbonyl (C=O) groups is 2. The van der Waals surface area contributed by atoms with Crippen LogP contribution < -0.4 is 4.72 Å². The Balaban J connectivity index is 1.33. The molecule has 1 aliphatic carbocycles. The topological polar surface area (TPSA) is 109 Å². The van der Waals surface area contributed by atoms with E-state index in [9.17, 15) is 18.0 Å². The number of amides is 2. The van der Waals surface area contributed by atoms with Crippen molar-refractivity contribution in [2.24, 2.45) is 11.8 Å². The van der Waals surface area contributed by atoms with Crippen LogP contribution in [0, 0.1) is 11.8 Å². The number of nitrogens with one attached hydrogen (secondary N) is 1. The van der Waals surface area contributed by atoms with Crippen LogP contribution in [0.3, 0.4) is 0 Å². The highest BCUT2D eigenvalue weighted by molar-refractivity contribution is 7.89. The standard InChI is InChI=1S/C25H30N4O5S/c1-18(2)17-34-25(31)29-15-13-28(14-16-29)24(30)20-8-10-21(11-9-20)27-35(32,33)22-7-3-5-19-6-4-12-26-23(19)22/h3-8,10-12,18,20,27H,9,13-17H2,1-2H3. The molecule has 0 saturated carbocycles. The molecule has 1 unspecified atom stereocenters. The van der Waals surface area contributed by atoms with Crippen molar-refractivity contribution in [2.45, 2.75) is 25.2 Å². The molecule has 1 fully saturated rings. The van der Waals surface area contributed by atoms with Crippen LogP contribution in [0.25, 0.3) is 10.9 Å². The normalized spacial score (nSPS) is 18.5. The number of hydrogen-bond donors (Lipinski definition) is 1. The van der Waals surface area contributed by atoms with E-state index in [0.29, 0.717) is 50.4 Å². The number of para-hydroxylation sites is 1. The Bertz CT molecular complexity index is 1260. The number of pyridine rings is 1. The fourth-order valence-electron chi connectivity index (χ4n) is 4.06. The summed E-state index contributed by atoms with van der Waals surface area (Å²) in [6, 6.07) is 8.59. The van der Waals surface area contributed by atoms with E-state index in [1.54, 1.807) is 46.4 Å². The predicted octanol–water partition coefficient (Wildman–Crippen LogP) is 2.91. The number of benzene rings is 1. The summed E-state index contributed by atoms with van der Waals surface area (Å²) in [4.78, 5) is 32.8. The maximum Gasteiger partial charge on any atom is 0.409 e. The van der Waals surface area contributed by atoms with Crippen molar-refractivity contribution in [1.82, 2.24) is 19.5 Å². The zero-order valence-electron chi connectivity index (χ0n) is 19.9. The monoisotopic (exact) mass is 498 g/mol. The molecule has 2 heterocycles. The first-order valence-electron chi connectivity index (χ1n) is 11.7. The van der Waals surface area contributed by atoms with Crippen LogP contribution in [-0.2, 0) is 19.6 Å². The molecule has 35 heavy (non-hydrogen) atoms. The summed E-state index contributed by atoms with van der Waals surface area (Å²) in [6.45, 7) is 6.08. The van der Waals surface area contributed by atoms with E-state index in [-0.39, 0.29) is 28.7 Å². The molecule has 10 heteroatoms. The SMILES string of the molecule is CC(C)COC(=O)N1CCN(C(=O)C2C=CC(NS(=O)(=O)c3cccc4cccnc34)=CC2)CC1. The molecule has 1 N–H and O–H groups in total. The molecule has 1 atom stereocenters. The van der Waals surface area contributed by atoms with Gasteiger partial charge in [0.2, 0.25) is 5.91 Å². The third kappa shape index (κ3) is 5.82. The highest BCUT2D eigenvalue weighted by Crippen LogP contribution is 2.23. The maximum absolute atomic E-state index is 13.0. The largest absolute Gasteiger partial charge is 0.449 e. The van der Waals surface area contributed by atoms with Crippen LogP contribution in [0.1, 0.15) is 20.3 Å². The molecule has 0 bridgehead atoms. The number of rotatable bonds is 6. The molecule has 2 amide bonds. The van der Waals surface area contributed by atoms with Crippen LogP contribution in [0.15, 0.2) is 65.3 Å². The van der Waals surface area contributed by atoms with Crippen molar-refractivity contribution in [1.29, 1.82) is 0 Å². The van der Waals surface area contributed by atoms with Gasteiger partial charge in [0, 0.05) is 43.5 Å². The molecule has 1 aromatic carbocycles. The van der Waals surface area contributed by atoms with Gasteiger partial charge in [0.25, 0.3) is 10.0 Å². The zero-order valence-corrected chi connectivity index (χ0v) is 20.7. The fourth-order valence-corrected chi connectivity index (χ4v) is 5.31. The average Bonchev–Trinajstić information content (AvgIpc) is 2.86. The molecular weight excluding hydrogens is 468 g/mol.